The van der Waals surface area contributed by atoms with Gasteiger partial charge in [0.25, 0.3) is 0 Å². The van der Waals surface area contributed by atoms with E-state index in [1.54, 1.807) is 0 Å². The molecule has 0 spiro atoms. The highest BCUT2D eigenvalue weighted by Crippen LogP contribution is 1.93. The Morgan fingerprint density at radius 1 is 1.75 bits per heavy atom. The van der Waals surface area contributed by atoms with Crippen molar-refractivity contribution in [2.24, 2.45) is 0 Å². The van der Waals surface area contributed by atoms with Gasteiger partial charge in [0.05, 0.1) is 0 Å². The van der Waals surface area contributed by atoms with Crippen molar-refractivity contribution in [2.75, 3.05) is 7.11 Å². The Morgan fingerprint density at radius 3 is 2.75 bits per heavy atom. The Labute approximate surface area is 48.3 Å². The molecule has 1 radical (unpaired) electrons. The molecule has 0 rings (SSSR count). The van der Waals surface area contributed by atoms with E-state index in [2.05, 4.69) is 4.74 Å². The Kier molecular flexibility index (Phi) is 4.50. The maximum Gasteiger partial charge on any atom is 0.191 e. The largest absolute Gasteiger partial charge is 0.353 e. The summed E-state index contributed by atoms with van der Waals surface area (Å²) in [6, 6.07) is 0. The molecule has 1 atom stereocenters. The fourth-order valence-corrected chi connectivity index (χ4v) is 0.322. The summed E-state index contributed by atoms with van der Waals surface area (Å²) < 4.78 is 4.34. The molecule has 47 valence electrons. The molecule has 0 aliphatic heterocycles. The Morgan fingerprint density at radius 2 is 2.38 bits per heavy atom. The van der Waals surface area contributed by atoms with Crippen molar-refractivity contribution in [1.82, 2.24) is 0 Å². The normalized spacial score (nSPS) is 13.2. The summed E-state index contributed by atoms with van der Waals surface area (Å²) in [6.45, 7) is 0. The van der Waals surface area contributed by atoms with E-state index in [4.69, 9.17) is 0 Å². The van der Waals surface area contributed by atoms with Crippen molar-refractivity contribution in [3.63, 3.8) is 0 Å². The molecule has 0 saturated carbocycles. The molecule has 0 N–H and O–H groups in total. The topological polar surface area (TPSA) is 46.2 Å². The van der Waals surface area contributed by atoms with Crippen molar-refractivity contribution in [3.05, 3.63) is 0 Å². The Hall–Kier alpha value is -0.410. The SMILES string of the molecule is COC([O])CCC=O. The van der Waals surface area contributed by atoms with E-state index in [0.29, 0.717) is 12.7 Å². The molecule has 1 unspecified atom stereocenters. The smallest absolute Gasteiger partial charge is 0.191 e. The monoisotopic (exact) mass is 117 g/mol. The van der Waals surface area contributed by atoms with Crippen LogP contribution in [0.25, 0.3) is 0 Å². The summed E-state index contributed by atoms with van der Waals surface area (Å²) in [7, 11) is 1.34. The van der Waals surface area contributed by atoms with Crippen LogP contribution in [-0.4, -0.2) is 19.7 Å². The maximum absolute atomic E-state index is 10.3. The molecule has 8 heavy (non-hydrogen) atoms. The van der Waals surface area contributed by atoms with E-state index in [-0.39, 0.29) is 6.42 Å². The van der Waals surface area contributed by atoms with Crippen LogP contribution in [-0.2, 0) is 14.6 Å². The van der Waals surface area contributed by atoms with Crippen LogP contribution in [0.4, 0.5) is 0 Å². The van der Waals surface area contributed by atoms with Crippen LogP contribution in [0.3, 0.4) is 0 Å². The van der Waals surface area contributed by atoms with Gasteiger partial charge < -0.3 is 9.53 Å². The quantitative estimate of drug-likeness (QED) is 0.394. The summed E-state index contributed by atoms with van der Waals surface area (Å²) in [4.78, 5) is 9.63. The number of hydrogen-bond acceptors (Lipinski definition) is 2. The number of carbonyl (C=O) groups excluding carboxylic acids is 1. The van der Waals surface area contributed by atoms with Gasteiger partial charge in [0.2, 0.25) is 0 Å². The average molecular weight is 117 g/mol. The van der Waals surface area contributed by atoms with Crippen molar-refractivity contribution < 1.29 is 14.6 Å². The van der Waals surface area contributed by atoms with Crippen molar-refractivity contribution >= 4 is 6.29 Å². The lowest BCUT2D eigenvalue weighted by Gasteiger charge is -1.99. The predicted octanol–water partition coefficient (Wildman–Crippen LogP) is 0.369. The van der Waals surface area contributed by atoms with Gasteiger partial charge in [-0.2, -0.15) is 0 Å². The number of rotatable bonds is 4. The van der Waals surface area contributed by atoms with Gasteiger partial charge in [0.15, 0.2) is 6.29 Å². The molecule has 0 saturated heterocycles. The third kappa shape index (κ3) is 3.77. The van der Waals surface area contributed by atoms with Gasteiger partial charge in [0.1, 0.15) is 6.29 Å². The molecule has 3 nitrogen and oxygen atoms in total. The molecule has 0 aliphatic carbocycles. The van der Waals surface area contributed by atoms with Gasteiger partial charge in [-0.1, -0.05) is 0 Å². The predicted molar refractivity (Wildman–Crippen MR) is 26.8 cm³/mol. The first-order valence-corrected chi connectivity index (χ1v) is 2.43. The van der Waals surface area contributed by atoms with Gasteiger partial charge in [-0.25, -0.2) is 5.11 Å². The number of aldehydes is 1. The second kappa shape index (κ2) is 4.74. The molecule has 0 aliphatic rings. The molecular weight excluding hydrogens is 108 g/mol. The van der Waals surface area contributed by atoms with Crippen LogP contribution in [0.1, 0.15) is 12.8 Å². The van der Waals surface area contributed by atoms with Crippen LogP contribution >= 0.6 is 0 Å². The van der Waals surface area contributed by atoms with E-state index in [9.17, 15) is 9.90 Å². The van der Waals surface area contributed by atoms with Crippen LogP contribution in [0.5, 0.6) is 0 Å². The van der Waals surface area contributed by atoms with E-state index in [1.807, 2.05) is 0 Å². The summed E-state index contributed by atoms with van der Waals surface area (Å²) in [6.07, 6.45) is 0.256. The van der Waals surface area contributed by atoms with E-state index < -0.39 is 6.29 Å². The lowest BCUT2D eigenvalue weighted by Crippen LogP contribution is -2.06. The highest BCUT2D eigenvalue weighted by molar-refractivity contribution is 5.49. The van der Waals surface area contributed by atoms with Crippen molar-refractivity contribution in [3.8, 4) is 0 Å². The zero-order valence-corrected chi connectivity index (χ0v) is 4.79. The molecule has 3 heteroatoms. The summed E-state index contributed by atoms with van der Waals surface area (Å²) in [5, 5.41) is 10.3. The second-order valence-electron chi connectivity index (χ2n) is 1.41. The Balaban J connectivity index is 2.97. The highest BCUT2D eigenvalue weighted by atomic mass is 16.6. The standard InChI is InChI=1S/C5H9O3/c1-8-5(7)3-2-4-6/h4-5H,2-3H2,1H3. The second-order valence-corrected chi connectivity index (χ2v) is 1.41. The molecule has 0 amide bonds. The first-order chi connectivity index (χ1) is 3.81. The third-order valence-corrected chi connectivity index (χ3v) is 0.783. The van der Waals surface area contributed by atoms with Crippen LogP contribution in [0, 0.1) is 0 Å². The first-order valence-electron chi connectivity index (χ1n) is 2.43. The molecule has 0 heterocycles. The lowest BCUT2D eigenvalue weighted by atomic mass is 10.3. The van der Waals surface area contributed by atoms with Crippen molar-refractivity contribution in [1.29, 1.82) is 0 Å². The molecule has 0 aromatic heterocycles. The number of carbonyl (C=O) groups is 1. The van der Waals surface area contributed by atoms with Crippen LogP contribution in [0.2, 0.25) is 0 Å². The minimum absolute atomic E-state index is 0.278. The Bertz CT molecular complexity index is 62.7. The zero-order chi connectivity index (χ0) is 6.41. The van der Waals surface area contributed by atoms with Crippen LogP contribution < -0.4 is 0 Å². The molecule has 0 aromatic rings. The summed E-state index contributed by atoms with van der Waals surface area (Å²) >= 11 is 0. The lowest BCUT2D eigenvalue weighted by molar-refractivity contribution is -0.128. The molecular formula is C5H9O3. The fraction of sp³-hybridized carbons (Fsp3) is 0.800. The van der Waals surface area contributed by atoms with E-state index >= 15 is 0 Å². The molecule has 0 bridgehead atoms. The van der Waals surface area contributed by atoms with Gasteiger partial charge in [0, 0.05) is 20.0 Å². The van der Waals surface area contributed by atoms with Crippen LogP contribution in [0.15, 0.2) is 0 Å². The van der Waals surface area contributed by atoms with Gasteiger partial charge in [-0.3, -0.25) is 0 Å². The molecule has 0 aromatic carbocycles. The highest BCUT2D eigenvalue weighted by Gasteiger charge is 1.99. The van der Waals surface area contributed by atoms with Gasteiger partial charge >= 0.3 is 0 Å². The summed E-state index contributed by atoms with van der Waals surface area (Å²) in [5.74, 6) is 0. The number of hydrogen-bond donors (Lipinski definition) is 0. The number of ether oxygens (including phenoxy) is 1. The fourth-order valence-electron chi connectivity index (χ4n) is 0.322. The summed E-state index contributed by atoms with van der Waals surface area (Å²) in [5.41, 5.74) is 0. The average Bonchev–Trinajstić information content (AvgIpc) is 1.83. The zero-order valence-electron chi connectivity index (χ0n) is 4.79. The minimum atomic E-state index is -1.03. The maximum atomic E-state index is 10.3. The van der Waals surface area contributed by atoms with E-state index in [0.717, 1.165) is 0 Å². The number of methoxy groups -OCH3 is 1. The molecule has 0 fully saturated rings. The van der Waals surface area contributed by atoms with Gasteiger partial charge in [-0.15, -0.1) is 0 Å². The first kappa shape index (κ1) is 7.59. The van der Waals surface area contributed by atoms with Gasteiger partial charge in [-0.05, 0) is 0 Å². The van der Waals surface area contributed by atoms with Crippen molar-refractivity contribution in [2.45, 2.75) is 19.1 Å². The van der Waals surface area contributed by atoms with E-state index in [1.165, 1.54) is 7.11 Å². The third-order valence-electron chi connectivity index (χ3n) is 0.783. The minimum Gasteiger partial charge on any atom is -0.353 e.